The van der Waals surface area contributed by atoms with Gasteiger partial charge in [0.1, 0.15) is 0 Å². The average molecular weight is 212 g/mol. The van der Waals surface area contributed by atoms with Crippen molar-refractivity contribution in [2.45, 2.75) is 30.9 Å². The van der Waals surface area contributed by atoms with Crippen LogP contribution < -0.4 is 0 Å². The third-order valence-electron chi connectivity index (χ3n) is 1.11. The van der Waals surface area contributed by atoms with E-state index in [1.807, 2.05) is 17.8 Å². The van der Waals surface area contributed by atoms with E-state index >= 15 is 0 Å². The number of rotatable bonds is 2. The van der Waals surface area contributed by atoms with Gasteiger partial charge in [-0.2, -0.15) is 0 Å². The number of aliphatic carboxylic acids is 1. The molecule has 1 rings (SSSR count). The van der Waals surface area contributed by atoms with E-state index in [-0.39, 0.29) is 0 Å². The highest BCUT2D eigenvalue weighted by molar-refractivity contribution is 7.99. The molecule has 0 amide bonds. The van der Waals surface area contributed by atoms with E-state index in [0.29, 0.717) is 5.25 Å². The minimum Gasteiger partial charge on any atom is -0.481 e. The first-order valence-corrected chi connectivity index (χ1v) is 5.31. The van der Waals surface area contributed by atoms with Crippen LogP contribution in [0.4, 0.5) is 0 Å². The summed E-state index contributed by atoms with van der Waals surface area (Å²) in [6.45, 7) is 5.50. The highest BCUT2D eigenvalue weighted by Crippen LogP contribution is 2.21. The van der Waals surface area contributed by atoms with Crippen molar-refractivity contribution in [1.29, 1.82) is 0 Å². The monoisotopic (exact) mass is 212 g/mol. The second-order valence-electron chi connectivity index (χ2n) is 3.00. The molecule has 3 heteroatoms. The van der Waals surface area contributed by atoms with Gasteiger partial charge >= 0.3 is 0 Å². The SMILES string of the molecule is CC(=O)O.CC(C)Sc1ccccc1. The van der Waals surface area contributed by atoms with Crippen LogP contribution >= 0.6 is 11.8 Å². The van der Waals surface area contributed by atoms with Crippen molar-refractivity contribution in [3.8, 4) is 0 Å². The Hall–Kier alpha value is -0.960. The van der Waals surface area contributed by atoms with Gasteiger partial charge in [0.15, 0.2) is 0 Å². The first-order chi connectivity index (χ1) is 6.52. The Balaban J connectivity index is 0.000000364. The van der Waals surface area contributed by atoms with Crippen LogP contribution in [-0.4, -0.2) is 16.3 Å². The maximum absolute atomic E-state index is 9.00. The Morgan fingerprint density at radius 1 is 1.29 bits per heavy atom. The Labute approximate surface area is 89.3 Å². The van der Waals surface area contributed by atoms with Gasteiger partial charge in [0.2, 0.25) is 0 Å². The van der Waals surface area contributed by atoms with Crippen LogP contribution in [0.3, 0.4) is 0 Å². The molecule has 0 bridgehead atoms. The number of carboxylic acids is 1. The Kier molecular flexibility index (Phi) is 6.93. The first-order valence-electron chi connectivity index (χ1n) is 4.43. The number of hydrogen-bond acceptors (Lipinski definition) is 2. The summed E-state index contributed by atoms with van der Waals surface area (Å²) in [5.41, 5.74) is 0. The average Bonchev–Trinajstić information content (AvgIpc) is 2.03. The summed E-state index contributed by atoms with van der Waals surface area (Å²) in [6.07, 6.45) is 0. The lowest BCUT2D eigenvalue weighted by molar-refractivity contribution is -0.134. The van der Waals surface area contributed by atoms with Gasteiger partial charge in [-0.25, -0.2) is 0 Å². The molecule has 0 radical (unpaired) electrons. The van der Waals surface area contributed by atoms with Gasteiger partial charge < -0.3 is 5.11 Å². The summed E-state index contributed by atoms with van der Waals surface area (Å²) in [7, 11) is 0. The van der Waals surface area contributed by atoms with E-state index in [9.17, 15) is 0 Å². The lowest BCUT2D eigenvalue weighted by Crippen LogP contribution is -1.84. The third kappa shape index (κ3) is 9.13. The zero-order valence-electron chi connectivity index (χ0n) is 8.73. The minimum atomic E-state index is -0.833. The van der Waals surface area contributed by atoms with Gasteiger partial charge in [-0.15, -0.1) is 11.8 Å². The summed E-state index contributed by atoms with van der Waals surface area (Å²) >= 11 is 1.90. The molecule has 78 valence electrons. The molecule has 0 aliphatic rings. The maximum Gasteiger partial charge on any atom is 0.300 e. The van der Waals surface area contributed by atoms with Gasteiger partial charge in [-0.1, -0.05) is 32.0 Å². The number of hydrogen-bond donors (Lipinski definition) is 1. The van der Waals surface area contributed by atoms with Crippen LogP contribution in [0.2, 0.25) is 0 Å². The fourth-order valence-electron chi connectivity index (χ4n) is 0.771. The van der Waals surface area contributed by atoms with Crippen molar-refractivity contribution in [1.82, 2.24) is 0 Å². The summed E-state index contributed by atoms with van der Waals surface area (Å²) in [4.78, 5) is 10.4. The quantitative estimate of drug-likeness (QED) is 0.764. The van der Waals surface area contributed by atoms with Crippen molar-refractivity contribution in [2.75, 3.05) is 0 Å². The van der Waals surface area contributed by atoms with Crippen molar-refractivity contribution in [3.05, 3.63) is 30.3 Å². The molecule has 1 N–H and O–H groups in total. The zero-order chi connectivity index (χ0) is 11.0. The molecular formula is C11H16O2S. The lowest BCUT2D eigenvalue weighted by atomic mass is 10.4. The highest BCUT2D eigenvalue weighted by atomic mass is 32.2. The summed E-state index contributed by atoms with van der Waals surface area (Å²) < 4.78 is 0. The van der Waals surface area contributed by atoms with Crippen molar-refractivity contribution >= 4 is 17.7 Å². The second kappa shape index (κ2) is 7.44. The molecular weight excluding hydrogens is 196 g/mol. The number of thioether (sulfide) groups is 1. The van der Waals surface area contributed by atoms with Crippen molar-refractivity contribution in [3.63, 3.8) is 0 Å². The fraction of sp³-hybridized carbons (Fsp3) is 0.364. The van der Waals surface area contributed by atoms with E-state index < -0.39 is 5.97 Å². The summed E-state index contributed by atoms with van der Waals surface area (Å²) in [5, 5.41) is 8.10. The molecule has 0 fully saturated rings. The molecule has 0 aliphatic heterocycles. The molecule has 0 atom stereocenters. The number of carboxylic acid groups (broad SMARTS) is 1. The standard InChI is InChI=1S/C9H12S.C2H4O2/c1-8(2)10-9-6-4-3-5-7-9;1-2(3)4/h3-8H,1-2H3;1H3,(H,3,4). The van der Waals surface area contributed by atoms with Crippen LogP contribution in [0, 0.1) is 0 Å². The molecule has 14 heavy (non-hydrogen) atoms. The van der Waals surface area contributed by atoms with Gasteiger partial charge in [0.25, 0.3) is 5.97 Å². The van der Waals surface area contributed by atoms with Crippen molar-refractivity contribution in [2.24, 2.45) is 0 Å². The van der Waals surface area contributed by atoms with Gasteiger partial charge in [-0.05, 0) is 12.1 Å². The van der Waals surface area contributed by atoms with Crippen molar-refractivity contribution < 1.29 is 9.90 Å². The molecule has 2 nitrogen and oxygen atoms in total. The highest BCUT2D eigenvalue weighted by Gasteiger charge is 1.94. The van der Waals surface area contributed by atoms with E-state index in [1.54, 1.807) is 0 Å². The molecule has 0 aromatic heterocycles. The van der Waals surface area contributed by atoms with Crippen LogP contribution in [0.1, 0.15) is 20.8 Å². The van der Waals surface area contributed by atoms with Gasteiger partial charge in [-0.3, -0.25) is 4.79 Å². The second-order valence-corrected chi connectivity index (χ2v) is 4.65. The Morgan fingerprint density at radius 2 is 1.71 bits per heavy atom. The van der Waals surface area contributed by atoms with E-state index in [1.165, 1.54) is 4.90 Å². The van der Waals surface area contributed by atoms with Gasteiger partial charge in [0.05, 0.1) is 0 Å². The van der Waals surface area contributed by atoms with Crippen LogP contribution in [0.25, 0.3) is 0 Å². The number of carbonyl (C=O) groups is 1. The normalized spacial score (nSPS) is 9.14. The van der Waals surface area contributed by atoms with Crippen LogP contribution in [0.15, 0.2) is 35.2 Å². The zero-order valence-corrected chi connectivity index (χ0v) is 9.54. The topological polar surface area (TPSA) is 37.3 Å². The predicted molar refractivity (Wildman–Crippen MR) is 60.7 cm³/mol. The Bertz CT molecular complexity index is 253. The maximum atomic E-state index is 9.00. The van der Waals surface area contributed by atoms with Crippen LogP contribution in [0.5, 0.6) is 0 Å². The lowest BCUT2D eigenvalue weighted by Gasteiger charge is -2.02. The largest absolute Gasteiger partial charge is 0.481 e. The molecule has 0 unspecified atom stereocenters. The summed E-state index contributed by atoms with van der Waals surface area (Å²) in [6, 6.07) is 10.5. The molecule has 0 heterocycles. The predicted octanol–water partition coefficient (Wildman–Crippen LogP) is 3.28. The molecule has 0 saturated heterocycles. The summed E-state index contributed by atoms with van der Waals surface area (Å²) in [5.74, 6) is -0.833. The van der Waals surface area contributed by atoms with Crippen LogP contribution in [-0.2, 0) is 4.79 Å². The molecule has 0 saturated carbocycles. The fourth-order valence-corrected chi connectivity index (χ4v) is 1.63. The molecule has 0 spiro atoms. The van der Waals surface area contributed by atoms with E-state index in [0.717, 1.165) is 6.92 Å². The Morgan fingerprint density at radius 3 is 2.07 bits per heavy atom. The smallest absolute Gasteiger partial charge is 0.300 e. The van der Waals surface area contributed by atoms with E-state index in [4.69, 9.17) is 9.90 Å². The molecule has 1 aromatic carbocycles. The number of benzene rings is 1. The molecule has 0 aliphatic carbocycles. The van der Waals surface area contributed by atoms with E-state index in [2.05, 4.69) is 38.1 Å². The van der Waals surface area contributed by atoms with Gasteiger partial charge in [0, 0.05) is 17.1 Å². The minimum absolute atomic E-state index is 0.683. The molecule has 1 aromatic rings. The third-order valence-corrected chi connectivity index (χ3v) is 2.13. The first kappa shape index (κ1) is 13.0.